The van der Waals surface area contributed by atoms with Crippen molar-refractivity contribution in [3.63, 3.8) is 0 Å². The van der Waals surface area contributed by atoms with Gasteiger partial charge in [0.25, 0.3) is 0 Å². The van der Waals surface area contributed by atoms with E-state index in [9.17, 15) is 0 Å². The highest BCUT2D eigenvalue weighted by Crippen LogP contribution is 2.17. The van der Waals surface area contributed by atoms with E-state index in [-0.39, 0.29) is 0 Å². The number of hydrogen-bond donors (Lipinski definition) is 0. The predicted octanol–water partition coefficient (Wildman–Crippen LogP) is 4.57. The quantitative estimate of drug-likeness (QED) is 0.739. The highest BCUT2D eigenvalue weighted by Gasteiger charge is 1.98. The van der Waals surface area contributed by atoms with Crippen molar-refractivity contribution in [1.29, 1.82) is 5.26 Å². The summed E-state index contributed by atoms with van der Waals surface area (Å²) in [6, 6.07) is 22.7. The molecule has 19 heavy (non-hydrogen) atoms. The van der Waals surface area contributed by atoms with E-state index in [1.807, 2.05) is 53.9 Å². The average molecular weight is 265 g/mol. The molecule has 0 aliphatic heterocycles. The Labute approximate surface area is 118 Å². The van der Waals surface area contributed by atoms with Crippen molar-refractivity contribution in [3.8, 4) is 6.07 Å². The van der Waals surface area contributed by atoms with Crippen molar-refractivity contribution in [1.82, 2.24) is 0 Å². The van der Waals surface area contributed by atoms with Crippen molar-refractivity contribution >= 4 is 11.8 Å². The smallest absolute Gasteiger partial charge is 0.0956 e. The Bertz CT molecular complexity index is 567. The maximum absolute atomic E-state index is 9.15. The molecule has 1 nitrogen and oxygen atoms in total. The molecule has 0 N–H and O–H groups in total. The first-order chi connectivity index (χ1) is 9.38. The molecule has 0 aliphatic rings. The van der Waals surface area contributed by atoms with Crippen molar-refractivity contribution < 1.29 is 0 Å². The van der Waals surface area contributed by atoms with Gasteiger partial charge >= 0.3 is 0 Å². The molecule has 0 spiro atoms. The van der Waals surface area contributed by atoms with Gasteiger partial charge in [0.05, 0.1) is 6.07 Å². The Morgan fingerprint density at radius 2 is 1.53 bits per heavy atom. The third-order valence-corrected chi connectivity index (χ3v) is 3.65. The molecular formula is C17H15NS. The summed E-state index contributed by atoms with van der Waals surface area (Å²) in [7, 11) is 0. The van der Waals surface area contributed by atoms with Crippen LogP contribution in [0, 0.1) is 11.3 Å². The van der Waals surface area contributed by atoms with Gasteiger partial charge in [0.2, 0.25) is 0 Å². The molecule has 2 aromatic carbocycles. The van der Waals surface area contributed by atoms with Crippen LogP contribution in [0.4, 0.5) is 0 Å². The lowest BCUT2D eigenvalue weighted by Gasteiger charge is -2.00. The lowest BCUT2D eigenvalue weighted by molar-refractivity contribution is 1.20. The minimum absolute atomic E-state index is 0.707. The minimum atomic E-state index is 0.707. The fourth-order valence-electron chi connectivity index (χ4n) is 1.74. The van der Waals surface area contributed by atoms with Crippen molar-refractivity contribution in [2.45, 2.75) is 12.2 Å². The third kappa shape index (κ3) is 4.65. The molecule has 0 heterocycles. The first kappa shape index (κ1) is 13.5. The van der Waals surface area contributed by atoms with E-state index in [0.717, 1.165) is 11.3 Å². The van der Waals surface area contributed by atoms with Crippen LogP contribution in [0.15, 0.2) is 71.6 Å². The summed E-state index contributed by atoms with van der Waals surface area (Å²) in [6.07, 6.45) is 0.707. The molecule has 2 heteroatoms. The second kappa shape index (κ2) is 7.45. The largest absolute Gasteiger partial charge is 0.193 e. The molecule has 0 saturated heterocycles. The van der Waals surface area contributed by atoms with Gasteiger partial charge in [-0.05, 0) is 16.5 Å². The van der Waals surface area contributed by atoms with Crippen LogP contribution in [-0.4, -0.2) is 0 Å². The van der Waals surface area contributed by atoms with Crippen LogP contribution in [0.2, 0.25) is 0 Å². The Hall–Kier alpha value is -1.98. The van der Waals surface area contributed by atoms with Crippen molar-refractivity contribution in [2.75, 3.05) is 0 Å². The second-order valence-corrected chi connectivity index (χ2v) is 5.07. The molecule has 0 radical (unpaired) electrons. The van der Waals surface area contributed by atoms with Crippen LogP contribution in [0.3, 0.4) is 0 Å². The number of hydrogen-bond acceptors (Lipinski definition) is 2. The van der Waals surface area contributed by atoms with Gasteiger partial charge in [0.1, 0.15) is 0 Å². The van der Waals surface area contributed by atoms with Crippen LogP contribution < -0.4 is 0 Å². The third-order valence-electron chi connectivity index (χ3n) is 2.70. The summed E-state index contributed by atoms with van der Waals surface area (Å²) in [6.45, 7) is 0. The highest BCUT2D eigenvalue weighted by atomic mass is 32.2. The van der Waals surface area contributed by atoms with Gasteiger partial charge in [0, 0.05) is 17.7 Å². The van der Waals surface area contributed by atoms with Gasteiger partial charge in [-0.25, -0.2) is 0 Å². The lowest BCUT2D eigenvalue weighted by Crippen LogP contribution is -1.87. The molecule has 2 rings (SSSR count). The van der Waals surface area contributed by atoms with Gasteiger partial charge in [-0.2, -0.15) is 5.26 Å². The summed E-state index contributed by atoms with van der Waals surface area (Å²) in [4.78, 5) is 0. The first-order valence-corrected chi connectivity index (χ1v) is 7.22. The zero-order valence-corrected chi connectivity index (χ0v) is 11.4. The van der Waals surface area contributed by atoms with E-state index in [1.54, 1.807) is 11.8 Å². The van der Waals surface area contributed by atoms with Crippen LogP contribution in [0.5, 0.6) is 0 Å². The van der Waals surface area contributed by atoms with Crippen LogP contribution in [-0.2, 0) is 12.2 Å². The molecular weight excluding hydrogens is 250 g/mol. The normalized spacial score (nSPS) is 11.0. The first-order valence-electron chi connectivity index (χ1n) is 6.17. The molecule has 0 saturated carbocycles. The fraction of sp³-hybridized carbons (Fsp3) is 0.118. The number of nitrogens with zero attached hydrogens (tertiary/aromatic N) is 1. The van der Waals surface area contributed by atoms with Crippen LogP contribution in [0.25, 0.3) is 0 Å². The molecule has 94 valence electrons. The summed E-state index contributed by atoms with van der Waals surface area (Å²) in [5.41, 5.74) is 3.27. The molecule has 0 bridgehead atoms. The Kier molecular flexibility index (Phi) is 5.28. The topological polar surface area (TPSA) is 23.8 Å². The van der Waals surface area contributed by atoms with E-state index in [4.69, 9.17) is 5.26 Å². The molecule has 0 aliphatic carbocycles. The zero-order valence-electron chi connectivity index (χ0n) is 10.6. The summed E-state index contributed by atoms with van der Waals surface area (Å²) < 4.78 is 0. The number of benzene rings is 2. The number of thioether (sulfide) groups is 1. The van der Waals surface area contributed by atoms with Crippen molar-refractivity contribution in [2.24, 2.45) is 0 Å². The number of rotatable bonds is 5. The highest BCUT2D eigenvalue weighted by molar-refractivity contribution is 8.01. The van der Waals surface area contributed by atoms with Gasteiger partial charge < -0.3 is 0 Å². The van der Waals surface area contributed by atoms with Crippen LogP contribution >= 0.6 is 11.8 Å². The van der Waals surface area contributed by atoms with Gasteiger partial charge in [-0.1, -0.05) is 60.7 Å². The van der Waals surface area contributed by atoms with Crippen LogP contribution in [0.1, 0.15) is 11.1 Å². The molecule has 0 amide bonds. The van der Waals surface area contributed by atoms with E-state index in [1.165, 1.54) is 11.1 Å². The maximum atomic E-state index is 9.15. The standard InChI is InChI=1S/C17H15NS/c18-12-17(11-15-7-3-1-4-8-15)14-19-13-16-9-5-2-6-10-16/h1-10,14H,11,13H2/b17-14-. The Morgan fingerprint density at radius 1 is 0.947 bits per heavy atom. The van der Waals surface area contributed by atoms with Gasteiger partial charge in [0.15, 0.2) is 0 Å². The van der Waals surface area contributed by atoms with Gasteiger partial charge in [-0.3, -0.25) is 0 Å². The average Bonchev–Trinajstić information content (AvgIpc) is 2.48. The minimum Gasteiger partial charge on any atom is -0.193 e. The number of allylic oxidation sites excluding steroid dienone is 1. The zero-order chi connectivity index (χ0) is 13.3. The SMILES string of the molecule is N#C/C(=C\SCc1ccccc1)Cc1ccccc1. The monoisotopic (exact) mass is 265 g/mol. The summed E-state index contributed by atoms with van der Waals surface area (Å²) >= 11 is 1.67. The Balaban J connectivity index is 1.91. The summed E-state index contributed by atoms with van der Waals surface area (Å²) in [5.74, 6) is 0.904. The van der Waals surface area contributed by atoms with E-state index in [2.05, 4.69) is 18.2 Å². The lowest BCUT2D eigenvalue weighted by atomic mass is 10.1. The van der Waals surface area contributed by atoms with E-state index in [0.29, 0.717) is 6.42 Å². The Morgan fingerprint density at radius 3 is 2.11 bits per heavy atom. The molecule has 0 aromatic heterocycles. The molecule has 2 aromatic rings. The maximum Gasteiger partial charge on any atom is 0.0956 e. The van der Waals surface area contributed by atoms with Gasteiger partial charge in [-0.15, -0.1) is 11.8 Å². The summed E-state index contributed by atoms with van der Waals surface area (Å²) in [5, 5.41) is 11.1. The van der Waals surface area contributed by atoms with E-state index < -0.39 is 0 Å². The molecule has 0 unspecified atom stereocenters. The van der Waals surface area contributed by atoms with Crippen molar-refractivity contribution in [3.05, 3.63) is 82.8 Å². The second-order valence-electron chi connectivity index (χ2n) is 4.21. The molecule has 0 fully saturated rings. The molecule has 0 atom stereocenters. The predicted molar refractivity (Wildman–Crippen MR) is 81.6 cm³/mol. The van der Waals surface area contributed by atoms with E-state index >= 15 is 0 Å². The fourth-order valence-corrected chi connectivity index (χ4v) is 2.54. The number of nitriles is 1.